The summed E-state index contributed by atoms with van der Waals surface area (Å²) in [5.41, 5.74) is 0. The zero-order valence-electron chi connectivity index (χ0n) is 5.26. The van der Waals surface area contributed by atoms with E-state index in [1.807, 2.05) is 0 Å². The smallest absolute Gasteiger partial charge is 0.0337 e. The van der Waals surface area contributed by atoms with Gasteiger partial charge in [0.25, 0.3) is 0 Å². The molecule has 0 saturated heterocycles. The maximum Gasteiger partial charge on any atom is 0.0337 e. The van der Waals surface area contributed by atoms with E-state index in [-0.39, 0.29) is 51.0 Å². The summed E-state index contributed by atoms with van der Waals surface area (Å²) in [6.07, 6.45) is 7.75. The minimum atomic E-state index is 0. The van der Waals surface area contributed by atoms with Crippen molar-refractivity contribution in [2.45, 2.75) is 6.42 Å². The van der Waals surface area contributed by atoms with Crippen LogP contribution in [0.15, 0.2) is 23.4 Å². The third kappa shape index (κ3) is 7.05. The first-order valence-electron chi connectivity index (χ1n) is 2.22. The molecule has 0 aliphatic heterocycles. The molecule has 4 heteroatoms. The Bertz CT molecular complexity index is 112. The summed E-state index contributed by atoms with van der Waals surface area (Å²) in [5, 5.41) is 1.61. The molecule has 0 fully saturated rings. The topological polar surface area (TPSA) is 0 Å². The summed E-state index contributed by atoms with van der Waals surface area (Å²) in [4.78, 5) is 0. The van der Waals surface area contributed by atoms with Crippen LogP contribution >= 0.6 is 24.8 Å². The van der Waals surface area contributed by atoms with E-state index in [9.17, 15) is 0 Å². The Morgan fingerprint density at radius 1 is 1.33 bits per heavy atom. The maximum absolute atomic E-state index is 2.20. The van der Waals surface area contributed by atoms with E-state index in [4.69, 9.17) is 0 Å². The Balaban J connectivity index is -0.000000120. The molecule has 0 N–H and O–H groups in total. The molecule has 1 rings (SSSR count). The molecule has 1 aliphatic rings. The number of hydrogen-bond acceptors (Lipinski definition) is 0. The van der Waals surface area contributed by atoms with Crippen LogP contribution < -0.4 is 0 Å². The van der Waals surface area contributed by atoms with Crippen LogP contribution in [0.3, 0.4) is 0 Å². The molecule has 0 aromatic carbocycles. The molecule has 0 aromatic rings. The first-order valence-corrected chi connectivity index (χ1v) is 3.22. The summed E-state index contributed by atoms with van der Waals surface area (Å²) in [7, 11) is 1.25. The Labute approximate surface area is 90.5 Å². The summed E-state index contributed by atoms with van der Waals surface area (Å²) in [6, 6.07) is 0. The average Bonchev–Trinajstić information content (AvgIpc) is 1.86. The Morgan fingerprint density at radius 3 is 2.00 bits per heavy atom. The monoisotopic (exact) mass is 258 g/mol. The van der Waals surface area contributed by atoms with E-state index in [2.05, 4.69) is 18.2 Å². The molecule has 0 bridgehead atoms. The minimum Gasteiger partial charge on any atom is -0.147 e. The normalized spacial score (nSPS) is 12.7. The first kappa shape index (κ1) is 16.6. The van der Waals surface area contributed by atoms with Gasteiger partial charge in [0.05, 0.1) is 0 Å². The van der Waals surface area contributed by atoms with Gasteiger partial charge in [-0.25, -0.2) is 0 Å². The molecule has 0 nitrogen and oxygen atoms in total. The summed E-state index contributed by atoms with van der Waals surface area (Å²) in [6.45, 7) is 0. The quantitative estimate of drug-likeness (QED) is 0.571. The zero-order chi connectivity index (χ0) is 4.41. The average molecular weight is 260 g/mol. The van der Waals surface area contributed by atoms with Gasteiger partial charge in [0.15, 0.2) is 0 Å². The molecule has 0 spiro atoms. The summed E-state index contributed by atoms with van der Waals surface area (Å²) < 4.78 is 0. The summed E-state index contributed by atoms with van der Waals surface area (Å²) >= 11 is 0. The van der Waals surface area contributed by atoms with E-state index < -0.39 is 0 Å². The van der Waals surface area contributed by atoms with E-state index in [1.165, 1.54) is 16.7 Å². The fraction of sp³-hybridized carbons (Fsp3) is 0.200. The minimum absolute atomic E-state index is 0. The van der Waals surface area contributed by atoms with Crippen molar-refractivity contribution in [3.63, 3.8) is 0 Å². The van der Waals surface area contributed by atoms with Crippen LogP contribution in [-0.4, -0.2) is 10.2 Å². The van der Waals surface area contributed by atoms with Crippen molar-refractivity contribution in [2.75, 3.05) is 0 Å². The third-order valence-corrected chi connectivity index (χ3v) is 1.70. The van der Waals surface area contributed by atoms with Crippen molar-refractivity contribution >= 4 is 35.1 Å². The Kier molecular flexibility index (Phi) is 16.9. The van der Waals surface area contributed by atoms with Gasteiger partial charge in [-0.15, -0.1) is 24.8 Å². The van der Waals surface area contributed by atoms with Gasteiger partial charge in [0.2, 0.25) is 0 Å². The number of allylic oxidation sites excluding steroid dienone is 4. The third-order valence-electron chi connectivity index (χ3n) is 0.957. The van der Waals surface area contributed by atoms with Crippen LogP contribution in [0.25, 0.3) is 0 Å². The molecule has 0 amide bonds. The van der Waals surface area contributed by atoms with Gasteiger partial charge in [-0.2, -0.15) is 0 Å². The Hall–Kier alpha value is 1.16. The van der Waals surface area contributed by atoms with Gasteiger partial charge < -0.3 is 0 Å². The van der Waals surface area contributed by atoms with E-state index >= 15 is 0 Å². The van der Waals surface area contributed by atoms with Gasteiger partial charge >= 0.3 is 0 Å². The molecule has 0 aromatic heterocycles. The fourth-order valence-electron chi connectivity index (χ4n) is 0.554. The second kappa shape index (κ2) is 9.16. The SMILES string of the molecule is Cl.Cl.[SiH3]C1=CC=CC1.[Zr]. The van der Waals surface area contributed by atoms with Crippen molar-refractivity contribution in [1.82, 2.24) is 0 Å². The van der Waals surface area contributed by atoms with Gasteiger partial charge in [-0.1, -0.05) is 23.4 Å². The molecule has 0 unspecified atom stereocenters. The van der Waals surface area contributed by atoms with Crippen LogP contribution in [0.5, 0.6) is 0 Å². The van der Waals surface area contributed by atoms with Gasteiger partial charge in [-0.05, 0) is 6.42 Å². The van der Waals surface area contributed by atoms with Gasteiger partial charge in [-0.3, -0.25) is 0 Å². The van der Waals surface area contributed by atoms with Crippen LogP contribution in [0.2, 0.25) is 0 Å². The molecule has 9 heavy (non-hydrogen) atoms. The largest absolute Gasteiger partial charge is 0.147 e. The number of hydrogen-bond donors (Lipinski definition) is 0. The van der Waals surface area contributed by atoms with E-state index in [0.717, 1.165) is 0 Å². The molecular weight excluding hydrogens is 250 g/mol. The van der Waals surface area contributed by atoms with Crippen molar-refractivity contribution in [1.29, 1.82) is 0 Å². The van der Waals surface area contributed by atoms with E-state index in [0.29, 0.717) is 0 Å². The molecule has 0 saturated carbocycles. The van der Waals surface area contributed by atoms with Crippen molar-refractivity contribution in [3.05, 3.63) is 23.4 Å². The van der Waals surface area contributed by atoms with Crippen LogP contribution in [0, 0.1) is 0 Å². The first-order chi connectivity index (χ1) is 2.89. The molecular formula is C5H10Cl2SiZr. The molecule has 0 heterocycles. The zero-order valence-corrected chi connectivity index (χ0v) is 11.3. The molecule has 0 radical (unpaired) electrons. The van der Waals surface area contributed by atoms with Crippen LogP contribution in [0.1, 0.15) is 6.42 Å². The van der Waals surface area contributed by atoms with Crippen molar-refractivity contribution in [3.8, 4) is 0 Å². The predicted molar refractivity (Wildman–Crippen MR) is 46.3 cm³/mol. The van der Waals surface area contributed by atoms with Crippen LogP contribution in [-0.2, 0) is 26.2 Å². The Morgan fingerprint density at radius 2 is 1.89 bits per heavy atom. The second-order valence-electron chi connectivity index (χ2n) is 1.65. The van der Waals surface area contributed by atoms with Crippen molar-refractivity contribution in [2.24, 2.45) is 0 Å². The maximum atomic E-state index is 2.20. The summed E-state index contributed by atoms with van der Waals surface area (Å²) in [5.74, 6) is 0. The van der Waals surface area contributed by atoms with Crippen LogP contribution in [0.4, 0.5) is 0 Å². The second-order valence-corrected chi connectivity index (χ2v) is 2.93. The van der Waals surface area contributed by atoms with E-state index in [1.54, 1.807) is 5.20 Å². The van der Waals surface area contributed by atoms with Gasteiger partial charge in [0, 0.05) is 36.4 Å². The number of rotatable bonds is 0. The fourth-order valence-corrected chi connectivity index (χ4v) is 0.982. The molecule has 0 atom stereocenters. The standard InChI is InChI=1S/C5H8Si.2ClH.Zr/c6-5-3-1-2-4-5;;;/h1-3H,4H2,6H3;2*1H;. The number of halogens is 2. The molecule has 52 valence electrons. The predicted octanol–water partition coefficient (Wildman–Crippen LogP) is 1.04. The molecule has 1 aliphatic carbocycles. The van der Waals surface area contributed by atoms with Crippen molar-refractivity contribution < 1.29 is 26.2 Å². The van der Waals surface area contributed by atoms with Gasteiger partial charge in [0.1, 0.15) is 0 Å².